The van der Waals surface area contributed by atoms with Crippen molar-refractivity contribution >= 4 is 29.1 Å². The first-order valence-electron chi connectivity index (χ1n) is 8.19. The van der Waals surface area contributed by atoms with Crippen LogP contribution in [0.3, 0.4) is 0 Å². The van der Waals surface area contributed by atoms with Gasteiger partial charge in [-0.25, -0.2) is 0 Å². The van der Waals surface area contributed by atoms with Crippen LogP contribution in [0.1, 0.15) is 13.8 Å². The lowest BCUT2D eigenvalue weighted by Crippen LogP contribution is -2.55. The monoisotopic (exact) mass is 352 g/mol. The van der Waals surface area contributed by atoms with E-state index in [0.29, 0.717) is 37.7 Å². The number of benzene rings is 1. The van der Waals surface area contributed by atoms with Gasteiger partial charge in [0.15, 0.2) is 0 Å². The maximum atomic E-state index is 12.2. The Bertz CT molecular complexity index is 568. The van der Waals surface area contributed by atoms with Crippen molar-refractivity contribution in [3.8, 4) is 0 Å². The molecular formula is C17H25ClN4O2. The summed E-state index contributed by atoms with van der Waals surface area (Å²) in [5.41, 5.74) is 6.65. The maximum absolute atomic E-state index is 12.2. The summed E-state index contributed by atoms with van der Waals surface area (Å²) in [4.78, 5) is 28.1. The van der Waals surface area contributed by atoms with Crippen LogP contribution in [0.2, 0.25) is 5.02 Å². The molecule has 1 aromatic rings. The third-order valence-electron chi connectivity index (χ3n) is 4.18. The van der Waals surface area contributed by atoms with Crippen LogP contribution in [0, 0.1) is 5.92 Å². The number of amides is 2. The first-order valence-corrected chi connectivity index (χ1v) is 8.56. The molecule has 1 atom stereocenters. The lowest BCUT2D eigenvalue weighted by Gasteiger charge is -2.36. The van der Waals surface area contributed by atoms with Crippen molar-refractivity contribution in [1.82, 2.24) is 9.80 Å². The molecule has 24 heavy (non-hydrogen) atoms. The van der Waals surface area contributed by atoms with Crippen molar-refractivity contribution in [3.05, 3.63) is 29.3 Å². The molecule has 6 nitrogen and oxygen atoms in total. The van der Waals surface area contributed by atoms with Gasteiger partial charge in [0, 0.05) is 36.9 Å². The number of nitrogens with two attached hydrogens (primary N) is 1. The zero-order chi connectivity index (χ0) is 17.7. The molecule has 7 heteroatoms. The van der Waals surface area contributed by atoms with Crippen molar-refractivity contribution in [1.29, 1.82) is 0 Å². The normalized spacial score (nSPS) is 17.0. The summed E-state index contributed by atoms with van der Waals surface area (Å²) in [5.74, 6) is 0.0481. The summed E-state index contributed by atoms with van der Waals surface area (Å²) in [6, 6.07) is 6.55. The number of rotatable bonds is 5. The third kappa shape index (κ3) is 5.19. The number of piperazine rings is 1. The average Bonchev–Trinajstić information content (AvgIpc) is 2.56. The van der Waals surface area contributed by atoms with E-state index in [0.717, 1.165) is 5.69 Å². The third-order valence-corrected chi connectivity index (χ3v) is 4.43. The van der Waals surface area contributed by atoms with Crippen molar-refractivity contribution in [2.45, 2.75) is 19.9 Å². The zero-order valence-electron chi connectivity index (χ0n) is 14.2. The fourth-order valence-electron chi connectivity index (χ4n) is 2.56. The van der Waals surface area contributed by atoms with E-state index in [1.807, 2.05) is 18.7 Å². The molecule has 1 saturated heterocycles. The van der Waals surface area contributed by atoms with E-state index in [9.17, 15) is 9.59 Å². The van der Waals surface area contributed by atoms with Crippen LogP contribution in [0.5, 0.6) is 0 Å². The number of carbonyl (C=O) groups excluding carboxylic acids is 2. The van der Waals surface area contributed by atoms with Gasteiger partial charge < -0.3 is 16.0 Å². The summed E-state index contributed by atoms with van der Waals surface area (Å²) in [6.07, 6.45) is 0. The first-order chi connectivity index (χ1) is 11.4. The minimum absolute atomic E-state index is 0.00438. The van der Waals surface area contributed by atoms with Gasteiger partial charge in [-0.05, 0) is 30.2 Å². The van der Waals surface area contributed by atoms with Gasteiger partial charge in [-0.3, -0.25) is 14.5 Å². The maximum Gasteiger partial charge on any atom is 0.239 e. The average molecular weight is 353 g/mol. The number of carbonyl (C=O) groups is 2. The Morgan fingerprint density at radius 1 is 1.17 bits per heavy atom. The minimum atomic E-state index is -0.454. The SMILES string of the molecule is CC(C)[C@H](N)C(=O)N1CCN(CC(=O)Nc2ccc(Cl)cc2)CC1. The van der Waals surface area contributed by atoms with E-state index in [4.69, 9.17) is 17.3 Å². The van der Waals surface area contributed by atoms with E-state index in [2.05, 4.69) is 5.32 Å². The second-order valence-corrected chi connectivity index (χ2v) is 6.86. The van der Waals surface area contributed by atoms with Gasteiger partial charge in [0.2, 0.25) is 11.8 Å². The topological polar surface area (TPSA) is 78.7 Å². The highest BCUT2D eigenvalue weighted by Crippen LogP contribution is 2.13. The van der Waals surface area contributed by atoms with E-state index >= 15 is 0 Å². The predicted octanol–water partition coefficient (Wildman–Crippen LogP) is 1.41. The van der Waals surface area contributed by atoms with Gasteiger partial charge in [-0.2, -0.15) is 0 Å². The highest BCUT2D eigenvalue weighted by molar-refractivity contribution is 6.30. The first kappa shape index (κ1) is 18.7. The number of nitrogens with zero attached hydrogens (tertiary/aromatic N) is 2. The molecule has 0 aliphatic carbocycles. The molecule has 0 aromatic heterocycles. The molecule has 0 saturated carbocycles. The van der Waals surface area contributed by atoms with E-state index < -0.39 is 6.04 Å². The Balaban J connectivity index is 1.77. The quantitative estimate of drug-likeness (QED) is 0.839. The summed E-state index contributed by atoms with van der Waals surface area (Å²) < 4.78 is 0. The fourth-order valence-corrected chi connectivity index (χ4v) is 2.69. The standard InChI is InChI=1S/C17H25ClN4O2/c1-12(2)16(19)17(24)22-9-7-21(8-10-22)11-15(23)20-14-5-3-13(18)4-6-14/h3-6,12,16H,7-11,19H2,1-2H3,(H,20,23)/t16-/m0/s1. The van der Waals surface area contributed by atoms with Gasteiger partial charge in [-0.1, -0.05) is 25.4 Å². The second-order valence-electron chi connectivity index (χ2n) is 6.43. The molecule has 1 aliphatic heterocycles. The van der Waals surface area contributed by atoms with Crippen molar-refractivity contribution in [3.63, 3.8) is 0 Å². The number of hydrogen-bond donors (Lipinski definition) is 2. The van der Waals surface area contributed by atoms with Crippen LogP contribution in [0.25, 0.3) is 0 Å². The van der Waals surface area contributed by atoms with E-state index in [1.165, 1.54) is 0 Å². The Morgan fingerprint density at radius 2 is 1.75 bits per heavy atom. The molecule has 1 aromatic carbocycles. The van der Waals surface area contributed by atoms with Gasteiger partial charge in [0.1, 0.15) is 0 Å². The molecule has 1 aliphatic rings. The highest BCUT2D eigenvalue weighted by atomic mass is 35.5. The van der Waals surface area contributed by atoms with Crippen molar-refractivity contribution in [2.75, 3.05) is 38.0 Å². The molecule has 132 valence electrons. The van der Waals surface area contributed by atoms with E-state index in [-0.39, 0.29) is 17.7 Å². The smallest absolute Gasteiger partial charge is 0.239 e. The molecule has 0 bridgehead atoms. The molecule has 2 amide bonds. The summed E-state index contributed by atoms with van der Waals surface area (Å²) in [6.45, 7) is 6.75. The summed E-state index contributed by atoms with van der Waals surface area (Å²) in [7, 11) is 0. The van der Waals surface area contributed by atoms with Crippen molar-refractivity contribution in [2.24, 2.45) is 11.7 Å². The molecule has 2 rings (SSSR count). The van der Waals surface area contributed by atoms with Crippen LogP contribution < -0.4 is 11.1 Å². The molecular weight excluding hydrogens is 328 g/mol. The second kappa shape index (κ2) is 8.46. The van der Waals surface area contributed by atoms with Gasteiger partial charge in [-0.15, -0.1) is 0 Å². The van der Waals surface area contributed by atoms with Gasteiger partial charge >= 0.3 is 0 Å². The van der Waals surface area contributed by atoms with Crippen LogP contribution >= 0.6 is 11.6 Å². The Hall–Kier alpha value is -1.63. The van der Waals surface area contributed by atoms with Gasteiger partial charge in [0.05, 0.1) is 12.6 Å². The Labute approximate surface area is 147 Å². The number of hydrogen-bond acceptors (Lipinski definition) is 4. The van der Waals surface area contributed by atoms with Crippen LogP contribution in [-0.4, -0.2) is 60.4 Å². The van der Waals surface area contributed by atoms with Crippen LogP contribution in [-0.2, 0) is 9.59 Å². The van der Waals surface area contributed by atoms with Crippen molar-refractivity contribution < 1.29 is 9.59 Å². The molecule has 1 heterocycles. The van der Waals surface area contributed by atoms with Crippen LogP contribution in [0.15, 0.2) is 24.3 Å². The number of anilines is 1. The molecule has 3 N–H and O–H groups in total. The highest BCUT2D eigenvalue weighted by Gasteiger charge is 2.27. The Morgan fingerprint density at radius 3 is 2.29 bits per heavy atom. The molecule has 1 fully saturated rings. The summed E-state index contributed by atoms with van der Waals surface area (Å²) in [5, 5.41) is 3.48. The molecule has 0 spiro atoms. The Kier molecular flexibility index (Phi) is 6.60. The lowest BCUT2D eigenvalue weighted by atomic mass is 10.0. The summed E-state index contributed by atoms with van der Waals surface area (Å²) >= 11 is 5.82. The zero-order valence-corrected chi connectivity index (χ0v) is 14.9. The largest absolute Gasteiger partial charge is 0.339 e. The molecule has 0 radical (unpaired) electrons. The number of nitrogens with one attached hydrogen (secondary N) is 1. The number of halogens is 1. The lowest BCUT2D eigenvalue weighted by molar-refractivity contribution is -0.135. The molecule has 0 unspecified atom stereocenters. The van der Waals surface area contributed by atoms with E-state index in [1.54, 1.807) is 29.2 Å². The van der Waals surface area contributed by atoms with Crippen LogP contribution in [0.4, 0.5) is 5.69 Å². The fraction of sp³-hybridized carbons (Fsp3) is 0.529. The van der Waals surface area contributed by atoms with Gasteiger partial charge in [0.25, 0.3) is 0 Å². The minimum Gasteiger partial charge on any atom is -0.339 e. The predicted molar refractivity (Wildman–Crippen MR) is 95.9 cm³/mol.